The molecular formula is C23H18AgF3O11S. The first-order valence-corrected chi connectivity index (χ1v) is 11.4. The molecule has 0 aliphatic heterocycles. The standard InChI is InChI=1S/C22H18O8.CHF3O3S.Ag/c1-15(23)29-19-11-5-3-9-17(19)21(25)27-13-7-8-14-28-22(26)18-10-4-6-12-20(18)30-16(2)24;2-1(3,4)8(5,6)7;/h3-6,9-12H,13-14H2,1-2H3;(H,5,6,7);/q;;+1/p-1. The fourth-order valence-corrected chi connectivity index (χ4v) is 2.22. The second kappa shape index (κ2) is 16.5. The maximum absolute atomic E-state index is 12.1. The van der Waals surface area contributed by atoms with Crippen LogP contribution in [0.1, 0.15) is 34.6 Å². The minimum Gasteiger partial charge on any atom is -0.741 e. The van der Waals surface area contributed by atoms with Crippen molar-refractivity contribution in [1.82, 2.24) is 0 Å². The van der Waals surface area contributed by atoms with E-state index in [1.54, 1.807) is 24.3 Å². The normalized spacial score (nSPS) is 10.8. The van der Waals surface area contributed by atoms with Gasteiger partial charge in [-0.1, -0.05) is 24.3 Å². The SMILES string of the molecule is CC(=O)Oc1ccccc1C(=O)OC[C]=[C]COC(=O)c1ccccc1OC(C)=O.O=S(=O)([O-])C(F)(F)F.[Ag+]. The second-order valence-corrected chi connectivity index (χ2v) is 7.96. The Bertz CT molecular complexity index is 1210. The Hall–Kier alpha value is -3.50. The van der Waals surface area contributed by atoms with Crippen LogP contribution in [0, 0.1) is 12.2 Å². The molecule has 0 bridgehead atoms. The van der Waals surface area contributed by atoms with Crippen molar-refractivity contribution in [3.63, 3.8) is 0 Å². The van der Waals surface area contributed by atoms with Gasteiger partial charge in [0.2, 0.25) is 0 Å². The Kier molecular flexibility index (Phi) is 15.0. The number of ether oxygens (including phenoxy) is 4. The molecule has 2 aromatic carbocycles. The number of rotatable bonds is 8. The number of alkyl halides is 3. The average molecular weight is 667 g/mol. The van der Waals surface area contributed by atoms with E-state index in [0.29, 0.717) is 0 Å². The third kappa shape index (κ3) is 13.2. The number of carbonyl (C=O) groups excluding carboxylic acids is 4. The molecule has 0 N–H and O–H groups in total. The summed E-state index contributed by atoms with van der Waals surface area (Å²) in [7, 11) is -6.09. The number of carbonyl (C=O) groups is 4. The number of hydrogen-bond acceptors (Lipinski definition) is 11. The fraction of sp³-hybridized carbons (Fsp3) is 0.217. The van der Waals surface area contributed by atoms with Crippen LogP contribution in [0.5, 0.6) is 11.5 Å². The molecule has 0 heterocycles. The van der Waals surface area contributed by atoms with Crippen molar-refractivity contribution >= 4 is 34.0 Å². The Morgan fingerprint density at radius 2 is 1.08 bits per heavy atom. The molecule has 0 saturated carbocycles. The van der Waals surface area contributed by atoms with Gasteiger partial charge in [0, 0.05) is 26.0 Å². The summed E-state index contributed by atoms with van der Waals surface area (Å²) in [6.07, 6.45) is 5.07. The first kappa shape index (κ1) is 35.5. The van der Waals surface area contributed by atoms with Crippen LogP contribution in [-0.4, -0.2) is 55.6 Å². The van der Waals surface area contributed by atoms with Crippen LogP contribution in [0.25, 0.3) is 0 Å². The molecule has 16 heteroatoms. The Balaban J connectivity index is 0.00000139. The Morgan fingerprint density at radius 3 is 1.36 bits per heavy atom. The fourth-order valence-electron chi connectivity index (χ4n) is 2.22. The van der Waals surface area contributed by atoms with E-state index in [-0.39, 0.29) is 58.2 Å². The molecular weight excluding hydrogens is 649 g/mol. The molecule has 2 radical (unpaired) electrons. The molecule has 0 unspecified atom stereocenters. The third-order valence-corrected chi connectivity index (χ3v) is 4.25. The van der Waals surface area contributed by atoms with Crippen molar-refractivity contribution in [1.29, 1.82) is 0 Å². The van der Waals surface area contributed by atoms with Crippen LogP contribution in [0.4, 0.5) is 13.2 Å². The van der Waals surface area contributed by atoms with Gasteiger partial charge in [-0.15, -0.1) is 0 Å². The molecule has 0 aliphatic rings. The monoisotopic (exact) mass is 666 g/mol. The summed E-state index contributed by atoms with van der Waals surface area (Å²) in [5.41, 5.74) is -5.47. The van der Waals surface area contributed by atoms with Gasteiger partial charge >= 0.3 is 51.8 Å². The second-order valence-electron chi connectivity index (χ2n) is 6.59. The average Bonchev–Trinajstić information content (AvgIpc) is 2.80. The number of halogens is 3. The Morgan fingerprint density at radius 1 is 0.769 bits per heavy atom. The summed E-state index contributed by atoms with van der Waals surface area (Å²) in [6, 6.07) is 12.3. The van der Waals surface area contributed by atoms with Crippen molar-refractivity contribution in [2.75, 3.05) is 13.2 Å². The molecule has 0 amide bonds. The number of benzene rings is 2. The molecule has 0 spiro atoms. The molecule has 0 atom stereocenters. The number of hydrogen-bond donors (Lipinski definition) is 0. The topological polar surface area (TPSA) is 162 Å². The van der Waals surface area contributed by atoms with Gasteiger partial charge in [0.15, 0.2) is 10.1 Å². The zero-order chi connectivity index (χ0) is 28.9. The summed E-state index contributed by atoms with van der Waals surface area (Å²) < 4.78 is 78.8. The minimum absolute atomic E-state index is 0. The van der Waals surface area contributed by atoms with E-state index in [1.165, 1.54) is 38.1 Å². The van der Waals surface area contributed by atoms with Crippen molar-refractivity contribution < 1.29 is 86.6 Å². The molecule has 0 saturated heterocycles. The van der Waals surface area contributed by atoms with Crippen LogP contribution in [0.3, 0.4) is 0 Å². The summed E-state index contributed by atoms with van der Waals surface area (Å²) in [5, 5.41) is 0. The zero-order valence-corrected chi connectivity index (χ0v) is 22.2. The van der Waals surface area contributed by atoms with Crippen LogP contribution < -0.4 is 9.47 Å². The van der Waals surface area contributed by atoms with Crippen molar-refractivity contribution in [2.24, 2.45) is 0 Å². The number of para-hydroxylation sites is 2. The molecule has 0 aromatic heterocycles. The quantitative estimate of drug-likeness (QED) is 0.134. The van der Waals surface area contributed by atoms with Crippen LogP contribution in [0.2, 0.25) is 0 Å². The van der Waals surface area contributed by atoms with Gasteiger partial charge < -0.3 is 23.5 Å². The maximum atomic E-state index is 12.1. The molecule has 0 fully saturated rings. The van der Waals surface area contributed by atoms with E-state index in [0.717, 1.165) is 0 Å². The van der Waals surface area contributed by atoms with Gasteiger partial charge in [0.05, 0.1) is 0 Å². The zero-order valence-electron chi connectivity index (χ0n) is 19.9. The van der Waals surface area contributed by atoms with Crippen molar-refractivity contribution in [3.05, 3.63) is 71.8 Å². The van der Waals surface area contributed by atoms with E-state index < -0.39 is 39.5 Å². The van der Waals surface area contributed by atoms with Crippen molar-refractivity contribution in [3.8, 4) is 11.5 Å². The van der Waals surface area contributed by atoms with E-state index in [1.807, 2.05) is 0 Å². The maximum Gasteiger partial charge on any atom is 1.00 e. The molecule has 0 aliphatic carbocycles. The number of esters is 4. The molecule has 214 valence electrons. The van der Waals surface area contributed by atoms with E-state index >= 15 is 0 Å². The molecule has 11 nitrogen and oxygen atoms in total. The predicted octanol–water partition coefficient (Wildman–Crippen LogP) is 2.76. The van der Waals surface area contributed by atoms with Gasteiger partial charge in [0.1, 0.15) is 35.8 Å². The summed E-state index contributed by atoms with van der Waals surface area (Å²) in [6.45, 7) is 1.93. The predicted molar refractivity (Wildman–Crippen MR) is 118 cm³/mol. The largest absolute Gasteiger partial charge is 1.00 e. The molecule has 39 heavy (non-hydrogen) atoms. The summed E-state index contributed by atoms with van der Waals surface area (Å²) in [4.78, 5) is 46.4. The van der Waals surface area contributed by atoms with Crippen LogP contribution in [0.15, 0.2) is 48.5 Å². The molecule has 2 aromatic rings. The first-order valence-electron chi connectivity index (χ1n) is 10.0. The summed E-state index contributed by atoms with van der Waals surface area (Å²) in [5.74, 6) is -2.38. The van der Waals surface area contributed by atoms with Crippen LogP contribution >= 0.6 is 0 Å². The first-order chi connectivity index (χ1) is 17.6. The van der Waals surface area contributed by atoms with Gasteiger partial charge in [-0.25, -0.2) is 18.0 Å². The van der Waals surface area contributed by atoms with Gasteiger partial charge in [0.25, 0.3) is 0 Å². The third-order valence-electron chi connectivity index (χ3n) is 3.68. The van der Waals surface area contributed by atoms with E-state index in [2.05, 4.69) is 12.2 Å². The van der Waals surface area contributed by atoms with Crippen LogP contribution in [-0.2, 0) is 51.6 Å². The van der Waals surface area contributed by atoms with Crippen molar-refractivity contribution in [2.45, 2.75) is 19.4 Å². The van der Waals surface area contributed by atoms with Gasteiger partial charge in [-0.05, 0) is 24.3 Å². The van der Waals surface area contributed by atoms with Gasteiger partial charge in [-0.2, -0.15) is 13.2 Å². The minimum atomic E-state index is -6.09. The van der Waals surface area contributed by atoms with E-state index in [9.17, 15) is 32.3 Å². The summed E-state index contributed by atoms with van der Waals surface area (Å²) >= 11 is 0. The molecule has 2 rings (SSSR count). The Labute approximate surface area is 236 Å². The van der Waals surface area contributed by atoms with Gasteiger partial charge in [-0.3, -0.25) is 9.59 Å². The smallest absolute Gasteiger partial charge is 0.741 e. The van der Waals surface area contributed by atoms with E-state index in [4.69, 9.17) is 31.9 Å².